The Morgan fingerprint density at radius 1 is 1.03 bits per heavy atom. The SMILES string of the molecule is C[C@H](NS(=O)(=O)c1ccc2c(c1)OCCCO2)C(=O)N1CCN(C/C=C/c2ccccc2)CC1. The monoisotopic (exact) mass is 485 g/mol. The summed E-state index contributed by atoms with van der Waals surface area (Å²) in [4.78, 5) is 17.0. The van der Waals surface area contributed by atoms with E-state index in [1.54, 1.807) is 17.9 Å². The van der Waals surface area contributed by atoms with Crippen molar-refractivity contribution in [3.8, 4) is 11.5 Å². The van der Waals surface area contributed by atoms with E-state index in [2.05, 4.69) is 33.9 Å². The number of carbonyl (C=O) groups excluding carboxylic acids is 1. The minimum atomic E-state index is -3.89. The van der Waals surface area contributed by atoms with E-state index in [-0.39, 0.29) is 10.8 Å². The van der Waals surface area contributed by atoms with Crippen LogP contribution in [0.1, 0.15) is 18.9 Å². The zero-order valence-electron chi connectivity index (χ0n) is 19.4. The summed E-state index contributed by atoms with van der Waals surface area (Å²) in [6, 6.07) is 13.8. The molecule has 0 aliphatic carbocycles. The Kier molecular flexibility index (Phi) is 7.87. The molecule has 1 atom stereocenters. The summed E-state index contributed by atoms with van der Waals surface area (Å²) in [5.41, 5.74) is 1.16. The van der Waals surface area contributed by atoms with Crippen molar-refractivity contribution >= 4 is 22.0 Å². The fraction of sp³-hybridized carbons (Fsp3) is 0.400. The van der Waals surface area contributed by atoms with E-state index >= 15 is 0 Å². The van der Waals surface area contributed by atoms with Crippen molar-refractivity contribution in [2.24, 2.45) is 0 Å². The molecule has 2 heterocycles. The molecule has 0 aromatic heterocycles. The van der Waals surface area contributed by atoms with Crippen molar-refractivity contribution < 1.29 is 22.7 Å². The first-order valence-electron chi connectivity index (χ1n) is 11.6. The highest BCUT2D eigenvalue weighted by atomic mass is 32.2. The van der Waals surface area contributed by atoms with Gasteiger partial charge in [0.05, 0.1) is 24.2 Å². The maximum Gasteiger partial charge on any atom is 0.241 e. The van der Waals surface area contributed by atoms with Crippen LogP contribution >= 0.6 is 0 Å². The number of fused-ring (bicyclic) bond motifs is 1. The minimum absolute atomic E-state index is 0.0476. The van der Waals surface area contributed by atoms with Crippen molar-refractivity contribution in [1.29, 1.82) is 0 Å². The summed E-state index contributed by atoms with van der Waals surface area (Å²) >= 11 is 0. The number of sulfonamides is 1. The van der Waals surface area contributed by atoms with Crippen LogP contribution in [0.4, 0.5) is 0 Å². The Balaban J connectivity index is 1.29. The fourth-order valence-corrected chi connectivity index (χ4v) is 5.20. The molecule has 1 amide bonds. The van der Waals surface area contributed by atoms with Gasteiger partial charge in [0.2, 0.25) is 15.9 Å². The van der Waals surface area contributed by atoms with E-state index < -0.39 is 16.1 Å². The molecule has 0 radical (unpaired) electrons. The van der Waals surface area contributed by atoms with Gasteiger partial charge < -0.3 is 14.4 Å². The van der Waals surface area contributed by atoms with Crippen LogP contribution in [0.15, 0.2) is 59.5 Å². The Bertz CT molecular complexity index is 1110. The van der Waals surface area contributed by atoms with Gasteiger partial charge >= 0.3 is 0 Å². The first-order chi connectivity index (χ1) is 16.4. The van der Waals surface area contributed by atoms with E-state index in [1.165, 1.54) is 12.1 Å². The number of piperazine rings is 1. The molecule has 0 spiro atoms. The average molecular weight is 486 g/mol. The molecule has 0 unspecified atom stereocenters. The molecule has 0 saturated carbocycles. The number of nitrogens with one attached hydrogen (secondary N) is 1. The first-order valence-corrected chi connectivity index (χ1v) is 13.1. The molecule has 1 N–H and O–H groups in total. The van der Waals surface area contributed by atoms with Gasteiger partial charge in [0.1, 0.15) is 0 Å². The molecule has 4 rings (SSSR count). The summed E-state index contributed by atoms with van der Waals surface area (Å²) < 4.78 is 39.5. The number of rotatable bonds is 7. The maximum absolute atomic E-state index is 12.9. The van der Waals surface area contributed by atoms with E-state index in [0.717, 1.165) is 31.6 Å². The largest absolute Gasteiger partial charge is 0.490 e. The van der Waals surface area contributed by atoms with Gasteiger partial charge in [0.15, 0.2) is 11.5 Å². The van der Waals surface area contributed by atoms with Crippen molar-refractivity contribution in [2.75, 3.05) is 45.9 Å². The highest BCUT2D eigenvalue weighted by molar-refractivity contribution is 7.89. The molecule has 1 fully saturated rings. The third kappa shape index (κ3) is 6.16. The van der Waals surface area contributed by atoms with E-state index in [4.69, 9.17) is 9.47 Å². The average Bonchev–Trinajstić information content (AvgIpc) is 3.09. The second-order valence-corrected chi connectivity index (χ2v) is 10.2. The highest BCUT2D eigenvalue weighted by Gasteiger charge is 2.28. The number of nitrogens with zero attached hydrogens (tertiary/aromatic N) is 2. The molecule has 2 aromatic carbocycles. The Morgan fingerprint density at radius 3 is 2.47 bits per heavy atom. The van der Waals surface area contributed by atoms with E-state index in [0.29, 0.717) is 37.8 Å². The molecule has 2 aliphatic heterocycles. The lowest BCUT2D eigenvalue weighted by molar-refractivity contribution is -0.134. The summed E-state index contributed by atoms with van der Waals surface area (Å²) in [5, 5.41) is 0. The maximum atomic E-state index is 12.9. The van der Waals surface area contributed by atoms with Crippen LogP contribution in [0.3, 0.4) is 0 Å². The third-order valence-corrected chi connectivity index (χ3v) is 7.43. The first kappa shape index (κ1) is 24.3. The fourth-order valence-electron chi connectivity index (χ4n) is 3.99. The number of carbonyl (C=O) groups is 1. The number of amides is 1. The number of ether oxygens (including phenoxy) is 2. The van der Waals surface area contributed by atoms with Crippen molar-refractivity contribution in [3.05, 3.63) is 60.2 Å². The summed E-state index contributed by atoms with van der Waals surface area (Å²) in [7, 11) is -3.89. The summed E-state index contributed by atoms with van der Waals surface area (Å²) in [6.45, 7) is 5.99. The quantitative estimate of drug-likeness (QED) is 0.648. The van der Waals surface area contributed by atoms with Crippen LogP contribution < -0.4 is 14.2 Å². The van der Waals surface area contributed by atoms with Gasteiger partial charge in [-0.25, -0.2) is 8.42 Å². The van der Waals surface area contributed by atoms with Crippen LogP contribution in [-0.2, 0) is 14.8 Å². The number of benzene rings is 2. The molecule has 9 heteroatoms. The second-order valence-electron chi connectivity index (χ2n) is 8.44. The van der Waals surface area contributed by atoms with Crippen LogP contribution in [-0.4, -0.2) is 76.1 Å². The Hall–Kier alpha value is -2.88. The van der Waals surface area contributed by atoms with Gasteiger partial charge in [0, 0.05) is 45.2 Å². The van der Waals surface area contributed by atoms with Gasteiger partial charge in [-0.1, -0.05) is 42.5 Å². The molecule has 2 aromatic rings. The standard InChI is InChI=1S/C25H31N3O5S/c1-20(26-34(30,31)22-10-11-23-24(19-22)33-18-6-17-32-23)25(29)28-15-13-27(14-16-28)12-5-9-21-7-3-2-4-8-21/h2-5,7-11,19-20,26H,6,12-18H2,1H3/b9-5+/t20-/m0/s1. The molecular weight excluding hydrogens is 454 g/mol. The minimum Gasteiger partial charge on any atom is -0.490 e. The van der Waals surface area contributed by atoms with Crippen LogP contribution in [0.2, 0.25) is 0 Å². The van der Waals surface area contributed by atoms with Gasteiger partial charge in [-0.05, 0) is 24.6 Å². The van der Waals surface area contributed by atoms with Crippen molar-refractivity contribution in [1.82, 2.24) is 14.5 Å². The summed E-state index contributed by atoms with van der Waals surface area (Å²) in [6.07, 6.45) is 4.95. The Morgan fingerprint density at radius 2 is 1.74 bits per heavy atom. The third-order valence-electron chi connectivity index (χ3n) is 5.89. The molecule has 182 valence electrons. The zero-order chi connectivity index (χ0) is 24.0. The van der Waals surface area contributed by atoms with Crippen LogP contribution in [0, 0.1) is 0 Å². The van der Waals surface area contributed by atoms with E-state index in [1.807, 2.05) is 18.2 Å². The Labute approximate surface area is 201 Å². The number of hydrogen-bond acceptors (Lipinski definition) is 6. The van der Waals surface area contributed by atoms with Crippen molar-refractivity contribution in [2.45, 2.75) is 24.3 Å². The lowest BCUT2D eigenvalue weighted by Gasteiger charge is -2.35. The van der Waals surface area contributed by atoms with Crippen molar-refractivity contribution in [3.63, 3.8) is 0 Å². The highest BCUT2D eigenvalue weighted by Crippen LogP contribution is 2.31. The normalized spacial score (nSPS) is 18.0. The predicted octanol–water partition coefficient (Wildman–Crippen LogP) is 2.37. The van der Waals surface area contributed by atoms with Gasteiger partial charge in [-0.2, -0.15) is 4.72 Å². The molecule has 1 saturated heterocycles. The van der Waals surface area contributed by atoms with Crippen LogP contribution in [0.25, 0.3) is 6.08 Å². The van der Waals surface area contributed by atoms with E-state index in [9.17, 15) is 13.2 Å². The lowest BCUT2D eigenvalue weighted by atomic mass is 10.2. The zero-order valence-corrected chi connectivity index (χ0v) is 20.2. The lowest BCUT2D eigenvalue weighted by Crippen LogP contribution is -2.54. The van der Waals surface area contributed by atoms with Gasteiger partial charge in [-0.15, -0.1) is 0 Å². The molecule has 2 aliphatic rings. The topological polar surface area (TPSA) is 88.2 Å². The van der Waals surface area contributed by atoms with Crippen LogP contribution in [0.5, 0.6) is 11.5 Å². The van der Waals surface area contributed by atoms with Gasteiger partial charge in [-0.3, -0.25) is 9.69 Å². The molecule has 0 bridgehead atoms. The number of hydrogen-bond donors (Lipinski definition) is 1. The molecular formula is C25H31N3O5S. The summed E-state index contributed by atoms with van der Waals surface area (Å²) in [5.74, 6) is 0.700. The second kappa shape index (κ2) is 11.0. The van der Waals surface area contributed by atoms with Gasteiger partial charge in [0.25, 0.3) is 0 Å². The smallest absolute Gasteiger partial charge is 0.241 e. The molecule has 8 nitrogen and oxygen atoms in total. The predicted molar refractivity (Wildman–Crippen MR) is 130 cm³/mol. The molecule has 34 heavy (non-hydrogen) atoms.